The molecule has 23 heavy (non-hydrogen) atoms. The molecule has 3 aromatic rings. The molecule has 0 unspecified atom stereocenters. The Kier molecular flexibility index (Phi) is 3.30. The number of rotatable bonds is 4. The van der Waals surface area contributed by atoms with Crippen LogP contribution in [0.2, 0.25) is 0 Å². The van der Waals surface area contributed by atoms with Crippen molar-refractivity contribution in [2.45, 2.75) is 32.8 Å². The van der Waals surface area contributed by atoms with Crippen molar-refractivity contribution in [3.63, 3.8) is 0 Å². The minimum atomic E-state index is -1.56. The second-order valence-corrected chi connectivity index (χ2v) is 6.30. The Bertz CT molecular complexity index is 878. The van der Waals surface area contributed by atoms with Crippen LogP contribution in [0.3, 0.4) is 0 Å². The summed E-state index contributed by atoms with van der Waals surface area (Å²) in [4.78, 5) is 6.61. The normalized spacial score (nSPS) is 17.4. The van der Waals surface area contributed by atoms with E-state index < -0.39 is 6.50 Å². The van der Waals surface area contributed by atoms with E-state index in [1.165, 1.54) is 5.56 Å². The third-order valence-corrected chi connectivity index (χ3v) is 4.48. The highest BCUT2D eigenvalue weighted by molar-refractivity contribution is 5.76. The van der Waals surface area contributed by atoms with Gasteiger partial charge in [-0.3, -0.25) is 4.90 Å². The zero-order valence-electron chi connectivity index (χ0n) is 15.5. The van der Waals surface area contributed by atoms with Crippen molar-refractivity contribution in [2.24, 2.45) is 0 Å². The predicted octanol–water partition coefficient (Wildman–Crippen LogP) is 3.99. The molecule has 4 rings (SSSR count). The van der Waals surface area contributed by atoms with E-state index in [0.717, 1.165) is 42.5 Å². The lowest BCUT2D eigenvalue weighted by atomic mass is 10.1. The molecule has 2 heterocycles. The lowest BCUT2D eigenvalue weighted by molar-refractivity contribution is 0.318. The average Bonchev–Trinajstić information content (AvgIpc) is 3.26. The van der Waals surface area contributed by atoms with Gasteiger partial charge in [-0.25, -0.2) is 4.98 Å². The third-order valence-electron chi connectivity index (χ3n) is 4.48. The van der Waals surface area contributed by atoms with Crippen molar-refractivity contribution < 1.29 is 2.74 Å². The minimum absolute atomic E-state index is 0.510. The van der Waals surface area contributed by atoms with Crippen molar-refractivity contribution in [2.75, 3.05) is 13.1 Å². The molecule has 0 bridgehead atoms. The van der Waals surface area contributed by atoms with Crippen molar-refractivity contribution in [1.82, 2.24) is 14.5 Å². The van der Waals surface area contributed by atoms with Gasteiger partial charge in [-0.05, 0) is 50.6 Å². The summed E-state index contributed by atoms with van der Waals surface area (Å²) in [6.45, 7) is 2.74. The fraction of sp³-hybridized carbons (Fsp3) is 0.350. The average molecular weight is 307 g/mol. The molecule has 3 nitrogen and oxygen atoms in total. The Balaban J connectivity index is 1.81. The van der Waals surface area contributed by atoms with Crippen molar-refractivity contribution in [3.05, 3.63) is 65.5 Å². The topological polar surface area (TPSA) is 21.1 Å². The van der Waals surface area contributed by atoms with E-state index in [2.05, 4.69) is 36.2 Å². The summed E-state index contributed by atoms with van der Waals surface area (Å²) in [7, 11) is 0. The number of imidazole rings is 1. The number of aryl methyl sites for hydroxylation is 1. The van der Waals surface area contributed by atoms with Crippen LogP contribution in [0.25, 0.3) is 11.0 Å². The van der Waals surface area contributed by atoms with Gasteiger partial charge in [0.2, 0.25) is 0 Å². The van der Waals surface area contributed by atoms with Gasteiger partial charge in [0.15, 0.2) is 0 Å². The van der Waals surface area contributed by atoms with Crippen LogP contribution in [0.15, 0.2) is 48.5 Å². The second kappa shape index (κ2) is 6.17. The number of para-hydroxylation sites is 2. The van der Waals surface area contributed by atoms with Crippen LogP contribution in [0, 0.1) is 6.92 Å². The van der Waals surface area contributed by atoms with Crippen LogP contribution >= 0.6 is 0 Å². The maximum absolute atomic E-state index is 8.75. The Morgan fingerprint density at radius 2 is 1.78 bits per heavy atom. The monoisotopic (exact) mass is 307 g/mol. The molecule has 1 aromatic heterocycles. The van der Waals surface area contributed by atoms with Crippen LogP contribution in [0.1, 0.15) is 32.5 Å². The van der Waals surface area contributed by atoms with Gasteiger partial charge in [-0.2, -0.15) is 0 Å². The molecule has 1 aliphatic heterocycles. The molecule has 2 aromatic carbocycles. The molecule has 1 fully saturated rings. The number of hydrogen-bond acceptors (Lipinski definition) is 2. The molecule has 0 spiro atoms. The van der Waals surface area contributed by atoms with Crippen molar-refractivity contribution >= 4 is 11.0 Å². The van der Waals surface area contributed by atoms with Gasteiger partial charge in [0.25, 0.3) is 0 Å². The van der Waals surface area contributed by atoms with E-state index in [0.29, 0.717) is 12.4 Å². The van der Waals surface area contributed by atoms with Gasteiger partial charge >= 0.3 is 0 Å². The van der Waals surface area contributed by atoms with Gasteiger partial charge < -0.3 is 4.57 Å². The molecule has 0 saturated carbocycles. The summed E-state index contributed by atoms with van der Waals surface area (Å²) < 4.78 is 19.5. The molecule has 3 heteroatoms. The lowest BCUT2D eigenvalue weighted by Gasteiger charge is -2.16. The highest BCUT2D eigenvalue weighted by atomic mass is 15.2. The maximum Gasteiger partial charge on any atom is 0.124 e. The Morgan fingerprint density at radius 1 is 1.04 bits per heavy atom. The van der Waals surface area contributed by atoms with Crippen LogP contribution < -0.4 is 0 Å². The Morgan fingerprint density at radius 3 is 2.57 bits per heavy atom. The molecule has 0 N–H and O–H groups in total. The van der Waals surface area contributed by atoms with Gasteiger partial charge in [-0.15, -0.1) is 0 Å². The van der Waals surface area contributed by atoms with E-state index in [1.807, 2.05) is 33.7 Å². The van der Waals surface area contributed by atoms with Crippen LogP contribution in [0.4, 0.5) is 0 Å². The third kappa shape index (κ3) is 3.02. The quantitative estimate of drug-likeness (QED) is 0.727. The van der Waals surface area contributed by atoms with Gasteiger partial charge in [-0.1, -0.05) is 42.0 Å². The summed E-state index contributed by atoms with van der Waals surface area (Å²) in [6, 6.07) is 16.4. The molecule has 0 radical (unpaired) electrons. The van der Waals surface area contributed by atoms with E-state index in [4.69, 9.17) is 2.74 Å². The summed E-state index contributed by atoms with van der Waals surface area (Å²) in [6.07, 6.45) is 2.11. The van der Waals surface area contributed by atoms with Crippen molar-refractivity contribution in [3.8, 4) is 0 Å². The van der Waals surface area contributed by atoms with E-state index in [9.17, 15) is 0 Å². The highest BCUT2D eigenvalue weighted by Gasteiger charge is 2.17. The fourth-order valence-electron chi connectivity index (χ4n) is 3.17. The van der Waals surface area contributed by atoms with E-state index >= 15 is 0 Å². The number of hydrogen-bond donors (Lipinski definition) is 0. The largest absolute Gasteiger partial charge is 0.322 e. The van der Waals surface area contributed by atoms with Crippen LogP contribution in [-0.2, 0) is 13.0 Å². The summed E-state index contributed by atoms with van der Waals surface area (Å²) in [5.74, 6) is 0.510. The molecule has 1 aliphatic rings. The Hall–Kier alpha value is -2.13. The number of fused-ring (bicyclic) bond motifs is 1. The predicted molar refractivity (Wildman–Crippen MR) is 94.5 cm³/mol. The molecule has 118 valence electrons. The molecule has 0 amide bonds. The van der Waals surface area contributed by atoms with E-state index in [1.54, 1.807) is 0 Å². The lowest BCUT2D eigenvalue weighted by Crippen LogP contribution is -2.21. The standard InChI is InChI=1S/C20H23N3/c1-16-8-10-17(11-9-16)14-23-19-7-3-2-6-18(19)21-20(23)15-22-12-4-5-13-22/h2-3,6-11H,4-5,12-15H2,1H3/i15D2. The smallest absolute Gasteiger partial charge is 0.124 e. The molecular weight excluding hydrogens is 282 g/mol. The molecule has 0 aliphatic carbocycles. The summed E-state index contributed by atoms with van der Waals surface area (Å²) in [5, 5.41) is 0. The maximum atomic E-state index is 8.75. The summed E-state index contributed by atoms with van der Waals surface area (Å²) in [5.41, 5.74) is 4.23. The molecular formula is C20H23N3. The SMILES string of the molecule is [2H]C([2H])(c1nc2ccccc2n1Cc1ccc(C)cc1)N1CCCC1. The highest BCUT2D eigenvalue weighted by Crippen LogP contribution is 2.21. The van der Waals surface area contributed by atoms with Crippen LogP contribution in [0.5, 0.6) is 0 Å². The number of aromatic nitrogens is 2. The number of nitrogens with zero attached hydrogens (tertiary/aromatic N) is 3. The van der Waals surface area contributed by atoms with Crippen LogP contribution in [-0.4, -0.2) is 27.5 Å². The zero-order chi connectivity index (χ0) is 17.4. The number of likely N-dealkylation sites (tertiary alicyclic amines) is 1. The number of benzene rings is 2. The van der Waals surface area contributed by atoms with Gasteiger partial charge in [0.1, 0.15) is 5.82 Å². The first-order valence-corrected chi connectivity index (χ1v) is 8.32. The zero-order valence-corrected chi connectivity index (χ0v) is 13.5. The molecule has 1 saturated heterocycles. The van der Waals surface area contributed by atoms with Gasteiger partial charge in [0, 0.05) is 6.54 Å². The molecule has 0 atom stereocenters. The summed E-state index contributed by atoms with van der Waals surface area (Å²) >= 11 is 0. The van der Waals surface area contributed by atoms with E-state index in [-0.39, 0.29) is 0 Å². The second-order valence-electron chi connectivity index (χ2n) is 6.30. The first-order chi connectivity index (χ1) is 12.1. The van der Waals surface area contributed by atoms with Gasteiger partial charge in [0.05, 0.1) is 20.3 Å². The Labute approximate surface area is 140 Å². The first-order valence-electron chi connectivity index (χ1n) is 9.32. The van der Waals surface area contributed by atoms with Crippen molar-refractivity contribution in [1.29, 1.82) is 0 Å². The fourth-order valence-corrected chi connectivity index (χ4v) is 3.17. The first kappa shape index (κ1) is 12.3. The minimum Gasteiger partial charge on any atom is -0.322 e.